The summed E-state index contributed by atoms with van der Waals surface area (Å²) in [5.74, 6) is 4.88. The average Bonchev–Trinajstić information content (AvgIpc) is 0.733. The van der Waals surface area contributed by atoms with Crippen LogP contribution in [0, 0.1) is 0 Å². The molecule has 0 aliphatic carbocycles. The lowest BCUT2D eigenvalue weighted by Crippen LogP contribution is -2.31. The predicted molar refractivity (Wildman–Crippen MR) is 482 cm³/mol. The largest absolute Gasteiger partial charge is 0.494 e. The number of thioether (sulfide) groups is 2. The van der Waals surface area contributed by atoms with Crippen molar-refractivity contribution in [2.75, 3.05) is 62.7 Å². The lowest BCUT2D eigenvalue weighted by Gasteiger charge is -2.38. The van der Waals surface area contributed by atoms with E-state index in [1.54, 1.807) is 23.5 Å². The first-order chi connectivity index (χ1) is 54.6. The number of hydrogen-bond donors (Lipinski definition) is 1. The first-order valence-corrected chi connectivity index (χ1v) is 43.7. The number of nitrogens with one attached hydrogen (secondary N) is 1. The van der Waals surface area contributed by atoms with Crippen molar-refractivity contribution in [3.63, 3.8) is 0 Å². The van der Waals surface area contributed by atoms with Gasteiger partial charge in [-0.3, -0.25) is 9.59 Å². The molecule has 10 aromatic carbocycles. The zero-order valence-corrected chi connectivity index (χ0v) is 73.6. The zero-order chi connectivity index (χ0) is 82.7. The smallest absolute Gasteiger partial charge is 0.315 e. The van der Waals surface area contributed by atoms with E-state index in [0.717, 1.165) is 58.5 Å². The molecule has 0 heterocycles. The minimum atomic E-state index is -0.599. The van der Waals surface area contributed by atoms with E-state index >= 15 is 0 Å². The Hall–Kier alpha value is -9.00. The molecule has 0 fully saturated rings. The fourth-order valence-electron chi connectivity index (χ4n) is 14.6. The van der Waals surface area contributed by atoms with E-state index in [2.05, 4.69) is 348 Å². The highest BCUT2D eigenvalue weighted by Gasteiger charge is 2.41. The third kappa shape index (κ3) is 24.1. The molecule has 10 rings (SSSR count). The quantitative estimate of drug-likeness (QED) is 0.0231. The Balaban J connectivity index is 0.577. The van der Waals surface area contributed by atoms with Gasteiger partial charge in [-0.15, -0.1) is 0 Å². The molecule has 0 saturated heterocycles. The van der Waals surface area contributed by atoms with E-state index in [9.17, 15) is 9.59 Å². The van der Waals surface area contributed by atoms with Gasteiger partial charge in [0.2, 0.25) is 0 Å². The highest BCUT2D eigenvalue weighted by molar-refractivity contribution is 8.00. The van der Waals surface area contributed by atoms with Crippen molar-refractivity contribution < 1.29 is 38.0 Å². The van der Waals surface area contributed by atoms with Gasteiger partial charge in [0.1, 0.15) is 23.0 Å². The fraction of sp³-hybridized carbons (Fsp3) is 0.404. The van der Waals surface area contributed by atoms with Gasteiger partial charge in [-0.2, -0.15) is 23.5 Å². The summed E-state index contributed by atoms with van der Waals surface area (Å²) < 4.78 is 35.7. The van der Waals surface area contributed by atoms with Crippen molar-refractivity contribution in [3.8, 4) is 23.0 Å². The van der Waals surface area contributed by atoms with Crippen LogP contribution in [-0.4, -0.2) is 74.6 Å². The van der Waals surface area contributed by atoms with Gasteiger partial charge in [0.05, 0.1) is 62.0 Å². The molecule has 0 amide bonds. The Morgan fingerprint density at radius 1 is 0.243 bits per heavy atom. The lowest BCUT2D eigenvalue weighted by molar-refractivity contribution is -0.141. The summed E-state index contributed by atoms with van der Waals surface area (Å²) in [6, 6.07) is 89.0. The van der Waals surface area contributed by atoms with E-state index in [1.165, 1.54) is 77.9 Å². The minimum Gasteiger partial charge on any atom is -0.494 e. The molecular formula is C104H127NO8S2. The second kappa shape index (κ2) is 39.3. The Morgan fingerprint density at radius 2 is 0.426 bits per heavy atom. The lowest BCUT2D eigenvalue weighted by atomic mass is 9.64. The van der Waals surface area contributed by atoms with Gasteiger partial charge in [0, 0.05) is 25.9 Å². The third-order valence-electron chi connectivity index (χ3n) is 21.7. The van der Waals surface area contributed by atoms with E-state index in [0.29, 0.717) is 77.1 Å². The number of hydrogen-bond acceptors (Lipinski definition) is 11. The molecule has 0 aliphatic heterocycles. The van der Waals surface area contributed by atoms with Crippen molar-refractivity contribution in [1.82, 2.24) is 5.32 Å². The Kier molecular flexibility index (Phi) is 30.2. The third-order valence-corrected chi connectivity index (χ3v) is 23.7. The summed E-state index contributed by atoms with van der Waals surface area (Å²) in [6.45, 7) is 44.8. The molecular weight excluding hydrogens is 1460 g/mol. The first kappa shape index (κ1) is 88.4. The fourth-order valence-corrected chi connectivity index (χ4v) is 16.1. The molecule has 0 atom stereocenters. The molecule has 0 radical (unpaired) electrons. The second-order valence-electron chi connectivity index (χ2n) is 36.8. The van der Waals surface area contributed by atoms with Crippen LogP contribution in [0.3, 0.4) is 0 Å². The van der Waals surface area contributed by atoms with Gasteiger partial charge in [-0.1, -0.05) is 319 Å². The number of ether oxygens (including phenoxy) is 6. The van der Waals surface area contributed by atoms with E-state index in [4.69, 9.17) is 28.4 Å². The van der Waals surface area contributed by atoms with Gasteiger partial charge < -0.3 is 33.7 Å². The maximum Gasteiger partial charge on any atom is 0.315 e. The van der Waals surface area contributed by atoms with Crippen molar-refractivity contribution >= 4 is 35.5 Å². The second-order valence-corrected chi connectivity index (χ2v) is 39.0. The molecule has 10 aromatic rings. The van der Waals surface area contributed by atoms with E-state index < -0.39 is 10.8 Å². The van der Waals surface area contributed by atoms with E-state index in [-0.39, 0.29) is 44.4 Å². The molecule has 0 bridgehead atoms. The van der Waals surface area contributed by atoms with Crippen LogP contribution < -0.4 is 24.3 Å². The summed E-state index contributed by atoms with van der Waals surface area (Å²) in [7, 11) is 0. The molecule has 608 valence electrons. The Bertz CT molecular complexity index is 4070. The summed E-state index contributed by atoms with van der Waals surface area (Å²) in [5.41, 5.74) is 18.6. The molecule has 0 unspecified atom stereocenters. The monoisotopic (exact) mass is 1580 g/mol. The van der Waals surface area contributed by atoms with Crippen LogP contribution >= 0.6 is 23.5 Å². The van der Waals surface area contributed by atoms with Crippen molar-refractivity contribution in [1.29, 1.82) is 0 Å². The summed E-state index contributed by atoms with van der Waals surface area (Å²) in [5, 5.41) is 3.53. The van der Waals surface area contributed by atoms with Gasteiger partial charge in [0.25, 0.3) is 0 Å². The minimum absolute atomic E-state index is 0.0213. The van der Waals surface area contributed by atoms with Crippen LogP contribution in [0.5, 0.6) is 23.0 Å². The highest BCUT2D eigenvalue weighted by atomic mass is 32.2. The van der Waals surface area contributed by atoms with Gasteiger partial charge in [-0.05, 0) is 194 Å². The van der Waals surface area contributed by atoms with Crippen molar-refractivity contribution in [3.05, 3.63) is 332 Å². The Labute approximate surface area is 698 Å². The van der Waals surface area contributed by atoms with Crippen LogP contribution in [0.4, 0.5) is 0 Å². The number of carbonyl (C=O) groups is 2. The summed E-state index contributed by atoms with van der Waals surface area (Å²) in [6.07, 6.45) is 2.79. The normalized spacial score (nSPS) is 12.5. The van der Waals surface area contributed by atoms with Crippen LogP contribution in [0.15, 0.2) is 243 Å². The average molecular weight is 1580 g/mol. The zero-order valence-electron chi connectivity index (χ0n) is 72.0. The molecule has 0 saturated carbocycles. The molecule has 9 nitrogen and oxygen atoms in total. The van der Waals surface area contributed by atoms with E-state index in [1.807, 2.05) is 24.3 Å². The SMILES string of the molecule is CC(C)(C)c1ccc(C(c2ccc(OCCCSCC(=O)OCCCOc3ccc(CNCc4ccc(OCCCOC(=O)CSCCCOc5ccc(C(c6ccc(C(C)(C)C)cc6)(c6ccc(C(C)(C)C)cc6)c6ccc(C(C)(C)C)cc6)cc5)cc4)cc3)cc2)(c2ccc(C(C)(C)C)cc2)c2ccc(C(C)(C)C)cc2)cc1. The molecule has 0 aliphatic rings. The number of rotatable bonds is 36. The van der Waals surface area contributed by atoms with Crippen LogP contribution in [-0.2, 0) is 75.5 Å². The molecule has 0 spiro atoms. The van der Waals surface area contributed by atoms with Gasteiger partial charge in [0.15, 0.2) is 0 Å². The Morgan fingerprint density at radius 3 is 0.635 bits per heavy atom. The predicted octanol–water partition coefficient (Wildman–Crippen LogP) is 24.6. The first-order valence-electron chi connectivity index (χ1n) is 41.4. The molecule has 0 aromatic heterocycles. The topological polar surface area (TPSA) is 102 Å². The number of benzene rings is 10. The van der Waals surface area contributed by atoms with Crippen molar-refractivity contribution in [2.24, 2.45) is 0 Å². The van der Waals surface area contributed by atoms with Crippen LogP contribution in [0.1, 0.15) is 239 Å². The molecule has 1 N–H and O–H groups in total. The summed E-state index contributed by atoms with van der Waals surface area (Å²) >= 11 is 3.13. The van der Waals surface area contributed by atoms with Crippen molar-refractivity contribution in [2.45, 2.75) is 207 Å². The molecule has 11 heteroatoms. The van der Waals surface area contributed by atoms with Crippen LogP contribution in [0.2, 0.25) is 0 Å². The maximum atomic E-state index is 12.7. The van der Waals surface area contributed by atoms with Gasteiger partial charge >= 0.3 is 11.9 Å². The standard InChI is InChI=1S/C104H127NO8S2/c1-97(2,3)77-27-39-83(40-28-77)103(84-41-29-78(30-42-84)98(4,5)6,85-43-31-79(32-44-85)99(7,8)9)89-51-59-93(60-52-89)110-67-21-69-114-73-95(106)112-65-19-63-108-91-55-23-75(24-56-91)71-105-72-76-25-57-92(58-26-76)109-64-20-66-113-96(107)74-115-70-22-68-111-94-61-53-90(54-62-94)104(86-45-33-80(34-46-86)100(10,11)12,87-47-35-81(36-48-87)101(13,14)15)88-49-37-82(38-50-88)102(16,17)18/h23-62,105H,19-22,63-74H2,1-18H3. The maximum absolute atomic E-state index is 12.7. The number of esters is 2. The van der Waals surface area contributed by atoms with Gasteiger partial charge in [-0.25, -0.2) is 0 Å². The number of carbonyl (C=O) groups excluding carboxylic acids is 2. The summed E-state index contributed by atoms with van der Waals surface area (Å²) in [4.78, 5) is 25.3. The highest BCUT2D eigenvalue weighted by Crippen LogP contribution is 2.49. The van der Waals surface area contributed by atoms with Crippen LogP contribution in [0.25, 0.3) is 0 Å². The molecule has 115 heavy (non-hydrogen) atoms.